The lowest BCUT2D eigenvalue weighted by Gasteiger charge is -2.29. The molecule has 27 heavy (non-hydrogen) atoms. The Morgan fingerprint density at radius 1 is 1.26 bits per heavy atom. The molecule has 5 nitrogen and oxygen atoms in total. The highest BCUT2D eigenvalue weighted by Gasteiger charge is 2.45. The Bertz CT molecular complexity index is 680. The number of aliphatic imine (C=N–C) groups is 1. The van der Waals surface area contributed by atoms with Gasteiger partial charge in [-0.05, 0) is 57.1 Å². The molecule has 1 aromatic rings. The van der Waals surface area contributed by atoms with Crippen molar-refractivity contribution in [2.24, 2.45) is 10.9 Å². The van der Waals surface area contributed by atoms with E-state index in [9.17, 15) is 9.18 Å². The molecule has 148 valence electrons. The van der Waals surface area contributed by atoms with Crippen LogP contribution >= 0.6 is 0 Å². The molecule has 0 aromatic heterocycles. The average Bonchev–Trinajstić information content (AvgIpc) is 3.47. The Morgan fingerprint density at radius 2 is 1.96 bits per heavy atom. The van der Waals surface area contributed by atoms with Gasteiger partial charge in [-0.1, -0.05) is 18.2 Å². The molecular formula is C21H30FN3O2. The molecular weight excluding hydrogens is 345 g/mol. The number of halogens is 1. The van der Waals surface area contributed by atoms with Gasteiger partial charge in [0.15, 0.2) is 5.96 Å². The van der Waals surface area contributed by atoms with E-state index in [-0.39, 0.29) is 23.1 Å². The normalized spacial score (nSPS) is 24.2. The number of guanidine groups is 1. The number of benzene rings is 1. The molecule has 0 bridgehead atoms. The van der Waals surface area contributed by atoms with Crippen molar-refractivity contribution in [3.05, 3.63) is 35.6 Å². The van der Waals surface area contributed by atoms with E-state index < -0.39 is 0 Å². The topological polar surface area (TPSA) is 62.7 Å². The molecule has 0 amide bonds. The maximum absolute atomic E-state index is 14.1. The molecule has 0 radical (unpaired) electrons. The maximum atomic E-state index is 14.1. The van der Waals surface area contributed by atoms with E-state index in [2.05, 4.69) is 15.6 Å². The van der Waals surface area contributed by atoms with Crippen LogP contribution in [0.3, 0.4) is 0 Å². The van der Waals surface area contributed by atoms with Crippen molar-refractivity contribution in [3.8, 4) is 0 Å². The summed E-state index contributed by atoms with van der Waals surface area (Å²) in [7, 11) is 1.75. The lowest BCUT2D eigenvalue weighted by Crippen LogP contribution is -2.47. The number of esters is 1. The van der Waals surface area contributed by atoms with Crippen molar-refractivity contribution in [3.63, 3.8) is 0 Å². The van der Waals surface area contributed by atoms with Crippen LogP contribution in [0.5, 0.6) is 0 Å². The van der Waals surface area contributed by atoms with Crippen LogP contribution in [0.1, 0.15) is 51.0 Å². The number of hydrogen-bond acceptors (Lipinski definition) is 3. The van der Waals surface area contributed by atoms with Crippen molar-refractivity contribution in [1.82, 2.24) is 10.6 Å². The molecule has 0 saturated heterocycles. The number of ether oxygens (including phenoxy) is 1. The fourth-order valence-corrected chi connectivity index (χ4v) is 3.96. The van der Waals surface area contributed by atoms with Gasteiger partial charge in [-0.2, -0.15) is 0 Å². The van der Waals surface area contributed by atoms with Crippen molar-refractivity contribution < 1.29 is 13.9 Å². The minimum absolute atomic E-state index is 0.0220. The SMILES string of the molecule is CCOC(=O)C1CCC(NC(=NC)NCC2(c3ccccc3F)CC2)CC1. The van der Waals surface area contributed by atoms with Gasteiger partial charge >= 0.3 is 5.97 Å². The third-order valence-electron chi connectivity index (χ3n) is 5.80. The molecule has 2 N–H and O–H groups in total. The first-order valence-corrected chi connectivity index (χ1v) is 9.97. The molecule has 0 heterocycles. The zero-order valence-electron chi connectivity index (χ0n) is 16.3. The van der Waals surface area contributed by atoms with Crippen LogP contribution in [0.25, 0.3) is 0 Å². The van der Waals surface area contributed by atoms with Gasteiger partial charge in [0.05, 0.1) is 12.5 Å². The summed E-state index contributed by atoms with van der Waals surface area (Å²) in [5, 5.41) is 6.84. The van der Waals surface area contributed by atoms with E-state index in [0.29, 0.717) is 19.2 Å². The van der Waals surface area contributed by atoms with Crippen LogP contribution < -0.4 is 10.6 Å². The summed E-state index contributed by atoms with van der Waals surface area (Å²) >= 11 is 0. The smallest absolute Gasteiger partial charge is 0.308 e. The largest absolute Gasteiger partial charge is 0.466 e. The molecule has 1 aromatic carbocycles. The van der Waals surface area contributed by atoms with Crippen molar-refractivity contribution in [2.75, 3.05) is 20.2 Å². The van der Waals surface area contributed by atoms with Crippen LogP contribution in [-0.2, 0) is 14.9 Å². The maximum Gasteiger partial charge on any atom is 0.308 e. The van der Waals surface area contributed by atoms with Crippen LogP contribution in [0.4, 0.5) is 4.39 Å². The highest BCUT2D eigenvalue weighted by atomic mass is 19.1. The summed E-state index contributed by atoms with van der Waals surface area (Å²) in [6, 6.07) is 7.34. The van der Waals surface area contributed by atoms with Gasteiger partial charge in [0.1, 0.15) is 5.82 Å². The highest BCUT2D eigenvalue weighted by Crippen LogP contribution is 2.48. The monoisotopic (exact) mass is 375 g/mol. The lowest BCUT2D eigenvalue weighted by molar-refractivity contribution is -0.149. The van der Waals surface area contributed by atoms with E-state index in [1.54, 1.807) is 13.1 Å². The Labute approximate surface area is 160 Å². The molecule has 2 aliphatic rings. The number of rotatable bonds is 6. The summed E-state index contributed by atoms with van der Waals surface area (Å²) in [6.45, 7) is 2.96. The number of carbonyl (C=O) groups excluding carboxylic acids is 1. The first-order valence-electron chi connectivity index (χ1n) is 9.97. The van der Waals surface area contributed by atoms with E-state index in [0.717, 1.165) is 50.0 Å². The minimum atomic E-state index is -0.128. The Kier molecular flexibility index (Phi) is 6.34. The minimum Gasteiger partial charge on any atom is -0.466 e. The molecule has 0 unspecified atom stereocenters. The van der Waals surface area contributed by atoms with Gasteiger partial charge in [0.25, 0.3) is 0 Å². The van der Waals surface area contributed by atoms with Crippen molar-refractivity contribution in [1.29, 1.82) is 0 Å². The zero-order chi connectivity index (χ0) is 19.3. The molecule has 0 spiro atoms. The van der Waals surface area contributed by atoms with Crippen molar-refractivity contribution >= 4 is 11.9 Å². The predicted molar refractivity (Wildman–Crippen MR) is 104 cm³/mol. The standard InChI is InChI=1S/C21H30FN3O2/c1-3-27-19(26)15-8-10-16(11-9-15)25-20(23-2)24-14-21(12-13-21)17-6-4-5-7-18(17)22/h4-7,15-16H,3,8-14H2,1-2H3,(H2,23,24,25). The van der Waals surface area contributed by atoms with Gasteiger partial charge in [-0.15, -0.1) is 0 Å². The molecule has 0 aliphatic heterocycles. The van der Waals surface area contributed by atoms with Crippen LogP contribution in [0, 0.1) is 11.7 Å². The molecule has 3 rings (SSSR count). The molecule has 2 aliphatic carbocycles. The first-order chi connectivity index (χ1) is 13.1. The third-order valence-corrected chi connectivity index (χ3v) is 5.80. The van der Waals surface area contributed by atoms with E-state index >= 15 is 0 Å². The highest BCUT2D eigenvalue weighted by molar-refractivity contribution is 5.80. The second kappa shape index (κ2) is 8.72. The molecule has 6 heteroatoms. The summed E-state index contributed by atoms with van der Waals surface area (Å²) in [5.74, 6) is 0.571. The average molecular weight is 375 g/mol. The number of hydrogen-bond donors (Lipinski definition) is 2. The van der Waals surface area contributed by atoms with Gasteiger partial charge in [-0.25, -0.2) is 4.39 Å². The Balaban J connectivity index is 1.48. The Hall–Kier alpha value is -2.11. The van der Waals surface area contributed by atoms with E-state index in [1.165, 1.54) is 6.07 Å². The van der Waals surface area contributed by atoms with Crippen molar-refractivity contribution in [2.45, 2.75) is 56.9 Å². The van der Waals surface area contributed by atoms with E-state index in [4.69, 9.17) is 4.74 Å². The summed E-state index contributed by atoms with van der Waals surface area (Å²) in [5.41, 5.74) is 0.674. The van der Waals surface area contributed by atoms with Gasteiger partial charge < -0.3 is 15.4 Å². The lowest BCUT2D eigenvalue weighted by atomic mass is 9.86. The predicted octanol–water partition coefficient (Wildman–Crippen LogP) is 3.14. The second-order valence-electron chi connectivity index (χ2n) is 7.63. The fraction of sp³-hybridized carbons (Fsp3) is 0.619. The molecule has 2 saturated carbocycles. The summed E-state index contributed by atoms with van der Waals surface area (Å²) in [4.78, 5) is 16.2. The number of nitrogens with one attached hydrogen (secondary N) is 2. The van der Waals surface area contributed by atoms with Gasteiger partial charge in [0.2, 0.25) is 0 Å². The second-order valence-corrected chi connectivity index (χ2v) is 7.63. The van der Waals surface area contributed by atoms with Gasteiger partial charge in [-0.3, -0.25) is 9.79 Å². The van der Waals surface area contributed by atoms with E-state index in [1.807, 2.05) is 19.1 Å². The number of nitrogens with zero attached hydrogens (tertiary/aromatic N) is 1. The van der Waals surface area contributed by atoms with Crippen LogP contribution in [0.2, 0.25) is 0 Å². The molecule has 2 fully saturated rings. The first kappa shape index (κ1) is 19.6. The van der Waals surface area contributed by atoms with Crippen LogP contribution in [0.15, 0.2) is 29.3 Å². The quantitative estimate of drug-likeness (QED) is 0.456. The Morgan fingerprint density at radius 3 is 2.56 bits per heavy atom. The summed E-state index contributed by atoms with van der Waals surface area (Å²) < 4.78 is 19.3. The zero-order valence-corrected chi connectivity index (χ0v) is 16.3. The van der Waals surface area contributed by atoms with Gasteiger partial charge in [0, 0.05) is 25.0 Å². The van der Waals surface area contributed by atoms with Crippen LogP contribution in [-0.4, -0.2) is 38.2 Å². The summed E-state index contributed by atoms with van der Waals surface area (Å²) in [6.07, 6.45) is 5.50. The fourth-order valence-electron chi connectivity index (χ4n) is 3.96. The third kappa shape index (κ3) is 4.79. The number of carbonyl (C=O) groups is 1. The molecule has 0 atom stereocenters.